The molecule has 176 valence electrons. The van der Waals surface area contributed by atoms with E-state index < -0.39 is 29.2 Å². The predicted octanol–water partition coefficient (Wildman–Crippen LogP) is 2.90. The zero-order valence-corrected chi connectivity index (χ0v) is 19.5. The molecule has 0 spiro atoms. The third-order valence-corrected chi connectivity index (χ3v) is 6.54. The summed E-state index contributed by atoms with van der Waals surface area (Å²) in [7, 11) is -0.750. The fourth-order valence-electron chi connectivity index (χ4n) is 4.01. The van der Waals surface area contributed by atoms with E-state index in [0.29, 0.717) is 30.8 Å². The number of rotatable bonds is 6. The van der Waals surface area contributed by atoms with Crippen LogP contribution in [0.25, 0.3) is 11.3 Å². The molecule has 0 N–H and O–H groups in total. The van der Waals surface area contributed by atoms with Crippen LogP contribution in [0, 0.1) is 10.1 Å². The van der Waals surface area contributed by atoms with Crippen LogP contribution in [0.4, 0.5) is 5.69 Å². The highest BCUT2D eigenvalue weighted by Gasteiger charge is 2.52. The Morgan fingerprint density at radius 1 is 1.30 bits per heavy atom. The second-order valence-corrected chi connectivity index (χ2v) is 9.21. The van der Waals surface area contributed by atoms with E-state index in [1.807, 2.05) is 27.7 Å². The van der Waals surface area contributed by atoms with Crippen LogP contribution in [-0.4, -0.2) is 58.8 Å². The maximum Gasteiger partial charge on any atom is 0.495 e. The molecule has 2 aromatic rings. The topological polar surface area (TPSA) is 115 Å². The summed E-state index contributed by atoms with van der Waals surface area (Å²) in [4.78, 5) is 24.3. The van der Waals surface area contributed by atoms with Gasteiger partial charge >= 0.3 is 13.1 Å². The first-order valence-electron chi connectivity index (χ1n) is 11.0. The Labute approximate surface area is 192 Å². The zero-order valence-electron chi connectivity index (χ0n) is 19.5. The molecule has 0 amide bonds. The van der Waals surface area contributed by atoms with Crippen LogP contribution in [-0.2, 0) is 18.8 Å². The van der Waals surface area contributed by atoms with Gasteiger partial charge in [-0.25, -0.2) is 4.79 Å². The van der Waals surface area contributed by atoms with Gasteiger partial charge in [0.2, 0.25) is 0 Å². The summed E-state index contributed by atoms with van der Waals surface area (Å²) >= 11 is 0. The van der Waals surface area contributed by atoms with Crippen molar-refractivity contribution < 1.29 is 28.5 Å². The van der Waals surface area contributed by atoms with Gasteiger partial charge in [-0.2, -0.15) is 5.10 Å². The minimum absolute atomic E-state index is 0.134. The van der Waals surface area contributed by atoms with E-state index in [2.05, 4.69) is 5.10 Å². The van der Waals surface area contributed by atoms with Gasteiger partial charge in [0.1, 0.15) is 5.56 Å². The number of carbonyl (C=O) groups is 1. The van der Waals surface area contributed by atoms with Crippen molar-refractivity contribution in [1.29, 1.82) is 0 Å². The van der Waals surface area contributed by atoms with Crippen LogP contribution >= 0.6 is 0 Å². The number of nitro benzene ring substituents is 1. The van der Waals surface area contributed by atoms with Gasteiger partial charge in [0.25, 0.3) is 5.69 Å². The van der Waals surface area contributed by atoms with Crippen LogP contribution < -0.4 is 5.46 Å². The third kappa shape index (κ3) is 4.16. The van der Waals surface area contributed by atoms with Crippen molar-refractivity contribution in [2.75, 3.05) is 19.8 Å². The van der Waals surface area contributed by atoms with E-state index in [0.717, 1.165) is 0 Å². The van der Waals surface area contributed by atoms with E-state index >= 15 is 0 Å². The third-order valence-electron chi connectivity index (χ3n) is 6.54. The lowest BCUT2D eigenvalue weighted by molar-refractivity contribution is -0.384. The van der Waals surface area contributed by atoms with Crippen molar-refractivity contribution in [2.24, 2.45) is 0 Å². The number of hydrogen-bond acceptors (Lipinski definition) is 8. The number of benzene rings is 1. The van der Waals surface area contributed by atoms with Crippen molar-refractivity contribution in [2.45, 2.75) is 58.3 Å². The highest BCUT2D eigenvalue weighted by Crippen LogP contribution is 2.38. The van der Waals surface area contributed by atoms with Gasteiger partial charge in [0, 0.05) is 12.7 Å². The van der Waals surface area contributed by atoms with Crippen LogP contribution in [0.2, 0.25) is 0 Å². The van der Waals surface area contributed by atoms with Gasteiger partial charge in [0.15, 0.2) is 0 Å². The number of nitro groups is 1. The zero-order chi connectivity index (χ0) is 24.0. The standard InChI is InChI=1S/C22H28BN3O7/c1-6-31-20(27)17-12-24-25(15-9-10-30-13-15)19(17)16-8-7-14(11-18(16)26(28)29)23-32-21(2,3)22(4,5)33-23/h7-8,11-12,15H,6,9-10,13H2,1-5H3/t15-/m0/s1. The highest BCUT2D eigenvalue weighted by atomic mass is 16.7. The van der Waals surface area contributed by atoms with E-state index in [1.54, 1.807) is 23.7 Å². The fraction of sp³-hybridized carbons (Fsp3) is 0.545. The fourth-order valence-corrected chi connectivity index (χ4v) is 4.01. The molecule has 4 rings (SSSR count). The average molecular weight is 457 g/mol. The second-order valence-electron chi connectivity index (χ2n) is 9.21. The summed E-state index contributed by atoms with van der Waals surface area (Å²) in [5, 5.41) is 16.5. The number of nitrogens with zero attached hydrogens (tertiary/aromatic N) is 3. The monoisotopic (exact) mass is 457 g/mol. The van der Waals surface area contributed by atoms with E-state index in [4.69, 9.17) is 18.8 Å². The molecule has 2 aliphatic rings. The Morgan fingerprint density at radius 3 is 2.58 bits per heavy atom. The summed E-state index contributed by atoms with van der Waals surface area (Å²) in [6.07, 6.45) is 2.09. The minimum Gasteiger partial charge on any atom is -0.462 e. The van der Waals surface area contributed by atoms with Crippen molar-refractivity contribution in [3.63, 3.8) is 0 Å². The molecular formula is C22H28BN3O7. The summed E-state index contributed by atoms with van der Waals surface area (Å²) in [5.41, 5.74) is -0.0170. The van der Waals surface area contributed by atoms with Crippen molar-refractivity contribution in [1.82, 2.24) is 9.78 Å². The SMILES string of the molecule is CCOC(=O)c1cnn([C@H]2CCOC2)c1-c1ccc(B2OC(C)(C)C(C)(C)O2)cc1[N+](=O)[O-]. The molecule has 0 unspecified atom stereocenters. The number of esters is 1. The van der Waals surface area contributed by atoms with Gasteiger partial charge in [-0.05, 0) is 52.6 Å². The number of hydrogen-bond donors (Lipinski definition) is 0. The predicted molar refractivity (Wildman–Crippen MR) is 120 cm³/mol. The molecule has 0 saturated carbocycles. The van der Waals surface area contributed by atoms with Crippen molar-refractivity contribution in [3.8, 4) is 11.3 Å². The molecule has 0 aliphatic carbocycles. The summed E-state index contributed by atoms with van der Waals surface area (Å²) < 4.78 is 24.4. The van der Waals surface area contributed by atoms with Gasteiger partial charge in [0.05, 0.1) is 52.8 Å². The summed E-state index contributed by atoms with van der Waals surface area (Å²) in [5.74, 6) is -0.581. The molecule has 33 heavy (non-hydrogen) atoms. The van der Waals surface area contributed by atoms with Crippen LogP contribution in [0.15, 0.2) is 24.4 Å². The Bertz CT molecular complexity index is 1060. The molecular weight excluding hydrogens is 429 g/mol. The maximum atomic E-state index is 12.7. The molecule has 11 heteroatoms. The maximum absolute atomic E-state index is 12.7. The minimum atomic E-state index is -0.750. The Balaban J connectivity index is 1.82. The van der Waals surface area contributed by atoms with Crippen LogP contribution in [0.1, 0.15) is 57.4 Å². The average Bonchev–Trinajstić information content (AvgIpc) is 3.45. The Hall–Kier alpha value is -2.76. The normalized spacial score (nSPS) is 21.4. The first kappa shape index (κ1) is 23.4. The largest absolute Gasteiger partial charge is 0.495 e. The van der Waals surface area contributed by atoms with E-state index in [1.165, 1.54) is 12.3 Å². The molecule has 10 nitrogen and oxygen atoms in total. The van der Waals surface area contributed by atoms with Gasteiger partial charge in [-0.3, -0.25) is 14.8 Å². The van der Waals surface area contributed by atoms with E-state index in [9.17, 15) is 14.9 Å². The van der Waals surface area contributed by atoms with E-state index in [-0.39, 0.29) is 29.5 Å². The van der Waals surface area contributed by atoms with Crippen molar-refractivity contribution in [3.05, 3.63) is 40.1 Å². The van der Waals surface area contributed by atoms with Crippen LogP contribution in [0.5, 0.6) is 0 Å². The van der Waals surface area contributed by atoms with Gasteiger partial charge in [-0.15, -0.1) is 0 Å². The first-order chi connectivity index (χ1) is 15.6. The van der Waals surface area contributed by atoms with Crippen molar-refractivity contribution >= 4 is 24.2 Å². The lowest BCUT2D eigenvalue weighted by atomic mass is 9.78. The van der Waals surface area contributed by atoms with Gasteiger partial charge in [-0.1, -0.05) is 6.07 Å². The molecule has 1 aromatic carbocycles. The molecule has 1 atom stereocenters. The lowest BCUT2D eigenvalue weighted by Gasteiger charge is -2.32. The second kappa shape index (κ2) is 8.55. The first-order valence-corrected chi connectivity index (χ1v) is 11.0. The van der Waals surface area contributed by atoms with Crippen LogP contribution in [0.3, 0.4) is 0 Å². The lowest BCUT2D eigenvalue weighted by Crippen LogP contribution is -2.41. The number of aromatic nitrogens is 2. The molecule has 2 aliphatic heterocycles. The Kier molecular flexibility index (Phi) is 6.06. The highest BCUT2D eigenvalue weighted by molar-refractivity contribution is 6.62. The molecule has 2 saturated heterocycles. The summed E-state index contributed by atoms with van der Waals surface area (Å²) in [6, 6.07) is 4.65. The smallest absolute Gasteiger partial charge is 0.462 e. The Morgan fingerprint density at radius 2 is 2.00 bits per heavy atom. The quantitative estimate of drug-likeness (QED) is 0.282. The molecule has 3 heterocycles. The number of ether oxygens (including phenoxy) is 2. The summed E-state index contributed by atoms with van der Waals surface area (Å²) in [6.45, 7) is 10.5. The molecule has 2 fully saturated rings. The molecule has 0 bridgehead atoms. The molecule has 1 aromatic heterocycles. The van der Waals surface area contributed by atoms with Gasteiger partial charge < -0.3 is 18.8 Å². The molecule has 0 radical (unpaired) electrons. The number of carbonyl (C=O) groups excluding carboxylic acids is 1.